The number of hydrogen-bond acceptors (Lipinski definition) is 5. The Morgan fingerprint density at radius 2 is 1.55 bits per heavy atom. The van der Waals surface area contributed by atoms with E-state index in [4.69, 9.17) is 4.74 Å². The number of rotatable bonds is 6. The predicted molar refractivity (Wildman–Crippen MR) is 126 cm³/mol. The standard InChI is InChI=1S/C27H32N2O4/c1-2-33-27(32)25-23(30)18-22(20-12-6-3-7-13-20)29(26(25)21-14-8-4-9-15-21)24(31)19-28-16-10-5-11-17-28/h3-4,6-9,12-15,22,26,30H,2,5,10-11,16-19H2,1H3/t22-,26-/m0/s1. The molecule has 2 atom stereocenters. The highest BCUT2D eigenvalue weighted by molar-refractivity contribution is 5.93. The Morgan fingerprint density at radius 1 is 0.939 bits per heavy atom. The number of carbonyl (C=O) groups excluding carboxylic acids is 2. The first-order valence-electron chi connectivity index (χ1n) is 11.8. The lowest BCUT2D eigenvalue weighted by Gasteiger charge is -2.44. The number of piperidine rings is 1. The highest BCUT2D eigenvalue weighted by atomic mass is 16.5. The SMILES string of the molecule is CCOC(=O)C1=C(O)C[C@@H](c2ccccc2)N(C(=O)CN2CCCCC2)[C@H]1c1ccccc1. The molecular formula is C27H32N2O4. The van der Waals surface area contributed by atoms with Crippen molar-refractivity contribution >= 4 is 11.9 Å². The lowest BCUT2D eigenvalue weighted by atomic mass is 9.85. The van der Waals surface area contributed by atoms with Crippen LogP contribution in [-0.2, 0) is 14.3 Å². The van der Waals surface area contributed by atoms with Crippen LogP contribution >= 0.6 is 0 Å². The van der Waals surface area contributed by atoms with Crippen LogP contribution in [0.15, 0.2) is 72.0 Å². The van der Waals surface area contributed by atoms with Gasteiger partial charge in [-0.05, 0) is 44.0 Å². The second kappa shape index (κ2) is 10.7. The van der Waals surface area contributed by atoms with Gasteiger partial charge in [0, 0.05) is 6.42 Å². The van der Waals surface area contributed by atoms with Crippen molar-refractivity contribution in [2.24, 2.45) is 0 Å². The number of esters is 1. The molecule has 0 aliphatic carbocycles. The van der Waals surface area contributed by atoms with E-state index in [0.29, 0.717) is 6.54 Å². The van der Waals surface area contributed by atoms with E-state index in [1.807, 2.05) is 60.7 Å². The van der Waals surface area contributed by atoms with Gasteiger partial charge in [0.2, 0.25) is 5.91 Å². The quantitative estimate of drug-likeness (QED) is 0.656. The lowest BCUT2D eigenvalue weighted by molar-refractivity contribution is -0.143. The van der Waals surface area contributed by atoms with Gasteiger partial charge in [-0.2, -0.15) is 0 Å². The van der Waals surface area contributed by atoms with Gasteiger partial charge in [0.15, 0.2) is 0 Å². The number of aliphatic hydroxyl groups is 1. The van der Waals surface area contributed by atoms with Crippen LogP contribution in [0.5, 0.6) is 0 Å². The number of benzene rings is 2. The number of aliphatic hydroxyl groups excluding tert-OH is 1. The Bertz CT molecular complexity index is 984. The molecule has 1 N–H and O–H groups in total. The highest BCUT2D eigenvalue weighted by Crippen LogP contribution is 2.45. The van der Waals surface area contributed by atoms with Gasteiger partial charge in [-0.15, -0.1) is 0 Å². The summed E-state index contributed by atoms with van der Waals surface area (Å²) in [6.07, 6.45) is 3.54. The topological polar surface area (TPSA) is 70.1 Å². The molecule has 1 amide bonds. The first-order chi connectivity index (χ1) is 16.1. The van der Waals surface area contributed by atoms with E-state index < -0.39 is 12.0 Å². The minimum absolute atomic E-state index is 0.0156. The van der Waals surface area contributed by atoms with Crippen molar-refractivity contribution in [2.45, 2.75) is 44.7 Å². The van der Waals surface area contributed by atoms with E-state index in [1.165, 1.54) is 6.42 Å². The minimum Gasteiger partial charge on any atom is -0.512 e. The van der Waals surface area contributed by atoms with Gasteiger partial charge in [0.1, 0.15) is 11.3 Å². The fraction of sp³-hybridized carbons (Fsp3) is 0.407. The fourth-order valence-corrected chi connectivity index (χ4v) is 4.93. The molecule has 174 valence electrons. The number of amides is 1. The zero-order valence-electron chi connectivity index (χ0n) is 19.2. The van der Waals surface area contributed by atoms with Crippen LogP contribution in [0, 0.1) is 0 Å². The van der Waals surface area contributed by atoms with Crippen molar-refractivity contribution in [1.29, 1.82) is 0 Å². The summed E-state index contributed by atoms with van der Waals surface area (Å²) in [5.74, 6) is -0.641. The van der Waals surface area contributed by atoms with Crippen LogP contribution in [0.3, 0.4) is 0 Å². The van der Waals surface area contributed by atoms with Gasteiger partial charge in [-0.25, -0.2) is 4.79 Å². The molecule has 0 spiro atoms. The molecule has 6 heteroatoms. The summed E-state index contributed by atoms with van der Waals surface area (Å²) >= 11 is 0. The Hall–Kier alpha value is -3.12. The van der Waals surface area contributed by atoms with Gasteiger partial charge in [0.05, 0.1) is 25.2 Å². The molecular weight excluding hydrogens is 416 g/mol. The molecule has 2 aliphatic heterocycles. The van der Waals surface area contributed by atoms with Gasteiger partial charge in [0.25, 0.3) is 0 Å². The van der Waals surface area contributed by atoms with E-state index in [-0.39, 0.29) is 36.3 Å². The number of nitrogens with zero attached hydrogens (tertiary/aromatic N) is 2. The van der Waals surface area contributed by atoms with Crippen molar-refractivity contribution in [1.82, 2.24) is 9.80 Å². The number of likely N-dealkylation sites (tertiary alicyclic amines) is 1. The summed E-state index contributed by atoms with van der Waals surface area (Å²) in [5.41, 5.74) is 1.86. The molecule has 2 aromatic carbocycles. The number of carbonyl (C=O) groups is 2. The Balaban J connectivity index is 1.81. The summed E-state index contributed by atoms with van der Waals surface area (Å²) in [6, 6.07) is 18.1. The van der Waals surface area contributed by atoms with Gasteiger partial charge < -0.3 is 14.7 Å². The summed E-state index contributed by atoms with van der Waals surface area (Å²) in [5, 5.41) is 11.1. The van der Waals surface area contributed by atoms with Gasteiger partial charge in [-0.3, -0.25) is 9.69 Å². The molecule has 6 nitrogen and oxygen atoms in total. The number of ether oxygens (including phenoxy) is 1. The van der Waals surface area contributed by atoms with Crippen molar-refractivity contribution in [2.75, 3.05) is 26.2 Å². The molecule has 1 fully saturated rings. The van der Waals surface area contributed by atoms with Crippen LogP contribution in [0.4, 0.5) is 0 Å². The normalized spacial score (nSPS) is 21.7. The maximum atomic E-state index is 13.9. The third-order valence-electron chi connectivity index (χ3n) is 6.48. The van der Waals surface area contributed by atoms with Crippen molar-refractivity contribution in [3.8, 4) is 0 Å². The average Bonchev–Trinajstić information content (AvgIpc) is 2.85. The Morgan fingerprint density at radius 3 is 2.15 bits per heavy atom. The second-order valence-corrected chi connectivity index (χ2v) is 8.66. The first kappa shape index (κ1) is 23.1. The molecule has 33 heavy (non-hydrogen) atoms. The smallest absolute Gasteiger partial charge is 0.339 e. The fourth-order valence-electron chi connectivity index (χ4n) is 4.93. The monoisotopic (exact) mass is 448 g/mol. The van der Waals surface area contributed by atoms with Crippen molar-refractivity contribution in [3.63, 3.8) is 0 Å². The first-order valence-corrected chi connectivity index (χ1v) is 11.8. The van der Waals surface area contributed by atoms with Crippen LogP contribution < -0.4 is 0 Å². The minimum atomic E-state index is -0.721. The molecule has 0 saturated carbocycles. The molecule has 4 rings (SSSR count). The van der Waals surface area contributed by atoms with Gasteiger partial charge >= 0.3 is 5.97 Å². The highest BCUT2D eigenvalue weighted by Gasteiger charge is 2.44. The molecule has 0 radical (unpaired) electrons. The lowest BCUT2D eigenvalue weighted by Crippen LogP contribution is -2.48. The third kappa shape index (κ3) is 5.11. The molecule has 1 saturated heterocycles. The molecule has 2 heterocycles. The van der Waals surface area contributed by atoms with Crippen molar-refractivity contribution < 1.29 is 19.4 Å². The zero-order valence-corrected chi connectivity index (χ0v) is 19.2. The summed E-state index contributed by atoms with van der Waals surface area (Å²) < 4.78 is 5.32. The van der Waals surface area contributed by atoms with Gasteiger partial charge in [-0.1, -0.05) is 67.1 Å². The largest absolute Gasteiger partial charge is 0.512 e. The van der Waals surface area contributed by atoms with Crippen LogP contribution in [0.2, 0.25) is 0 Å². The van der Waals surface area contributed by atoms with Crippen LogP contribution in [-0.4, -0.2) is 53.0 Å². The average molecular weight is 449 g/mol. The maximum Gasteiger partial charge on any atom is 0.339 e. The molecule has 0 bridgehead atoms. The Labute approximate surface area is 195 Å². The Kier molecular flexibility index (Phi) is 7.45. The summed E-state index contributed by atoms with van der Waals surface area (Å²) in [7, 11) is 0. The zero-order chi connectivity index (χ0) is 23.2. The van der Waals surface area contributed by atoms with E-state index in [9.17, 15) is 14.7 Å². The molecule has 0 unspecified atom stereocenters. The summed E-state index contributed by atoms with van der Waals surface area (Å²) in [4.78, 5) is 30.9. The van der Waals surface area contributed by atoms with E-state index in [1.54, 1.807) is 11.8 Å². The number of hydrogen-bond donors (Lipinski definition) is 1. The molecule has 2 aliphatic rings. The van der Waals surface area contributed by atoms with Crippen LogP contribution in [0.1, 0.15) is 55.8 Å². The van der Waals surface area contributed by atoms with E-state index in [0.717, 1.165) is 37.1 Å². The molecule has 0 aromatic heterocycles. The third-order valence-corrected chi connectivity index (χ3v) is 6.48. The maximum absolute atomic E-state index is 13.9. The summed E-state index contributed by atoms with van der Waals surface area (Å²) in [6.45, 7) is 4.03. The van der Waals surface area contributed by atoms with Crippen molar-refractivity contribution in [3.05, 3.63) is 83.1 Å². The molecule has 2 aromatic rings. The van der Waals surface area contributed by atoms with E-state index in [2.05, 4.69) is 4.90 Å². The van der Waals surface area contributed by atoms with E-state index >= 15 is 0 Å². The second-order valence-electron chi connectivity index (χ2n) is 8.66. The predicted octanol–water partition coefficient (Wildman–Crippen LogP) is 4.56. The van der Waals surface area contributed by atoms with Crippen LogP contribution in [0.25, 0.3) is 0 Å².